The zero-order valence-electron chi connectivity index (χ0n) is 10.4. The van der Waals surface area contributed by atoms with Crippen molar-refractivity contribution in [2.45, 2.75) is 6.92 Å². The predicted octanol–water partition coefficient (Wildman–Crippen LogP) is 2.53. The molecule has 4 heteroatoms. The summed E-state index contributed by atoms with van der Waals surface area (Å²) in [7, 11) is 1.86. The number of fused-ring (bicyclic) bond motifs is 1. The van der Waals surface area contributed by atoms with Crippen molar-refractivity contribution in [3.05, 3.63) is 42.1 Å². The smallest absolute Gasteiger partial charge is 0.124 e. The largest absolute Gasteiger partial charge is 0.384 e. The summed E-state index contributed by atoms with van der Waals surface area (Å²) >= 11 is 0. The zero-order chi connectivity index (χ0) is 12.7. The van der Waals surface area contributed by atoms with E-state index in [-0.39, 0.29) is 0 Å². The summed E-state index contributed by atoms with van der Waals surface area (Å²) in [5, 5.41) is 5.59. The molecule has 0 saturated carbocycles. The van der Waals surface area contributed by atoms with Crippen LogP contribution in [0.1, 0.15) is 5.56 Å². The molecule has 4 nitrogen and oxygen atoms in total. The van der Waals surface area contributed by atoms with E-state index < -0.39 is 0 Å². The molecular weight excluding hydrogens is 224 g/mol. The first-order chi connectivity index (χ1) is 8.68. The number of aromatic nitrogens is 3. The summed E-state index contributed by atoms with van der Waals surface area (Å²) in [6.07, 6.45) is 1.80. The highest BCUT2D eigenvalue weighted by molar-refractivity contribution is 5.94. The third-order valence-corrected chi connectivity index (χ3v) is 3.24. The van der Waals surface area contributed by atoms with E-state index in [1.54, 1.807) is 10.9 Å². The monoisotopic (exact) mass is 238 g/mol. The lowest BCUT2D eigenvalue weighted by Gasteiger charge is -2.03. The summed E-state index contributed by atoms with van der Waals surface area (Å²) in [6.45, 7) is 1.99. The van der Waals surface area contributed by atoms with Crippen molar-refractivity contribution in [2.24, 2.45) is 7.05 Å². The molecule has 0 spiro atoms. The van der Waals surface area contributed by atoms with E-state index in [2.05, 4.69) is 22.2 Å². The quantitative estimate of drug-likeness (QED) is 0.708. The molecule has 0 fully saturated rings. The molecule has 0 unspecified atom stereocenters. The standard InChI is InChI=1S/C14H14N4/c1-9-13(17-18(2)14(9)15)11-5-3-7-12-10(11)6-4-8-16-12/h3-8H,15H2,1-2H3. The highest BCUT2D eigenvalue weighted by Crippen LogP contribution is 2.30. The van der Waals surface area contributed by atoms with Gasteiger partial charge in [0.15, 0.2) is 0 Å². The van der Waals surface area contributed by atoms with Crippen LogP contribution in [0.15, 0.2) is 36.5 Å². The number of rotatable bonds is 1. The van der Waals surface area contributed by atoms with Gasteiger partial charge >= 0.3 is 0 Å². The van der Waals surface area contributed by atoms with Crippen molar-refractivity contribution < 1.29 is 0 Å². The average molecular weight is 238 g/mol. The predicted molar refractivity (Wildman–Crippen MR) is 73.1 cm³/mol. The first-order valence-electron chi connectivity index (χ1n) is 5.81. The molecule has 1 aromatic carbocycles. The van der Waals surface area contributed by atoms with Crippen LogP contribution >= 0.6 is 0 Å². The summed E-state index contributed by atoms with van der Waals surface area (Å²) in [5.74, 6) is 0.700. The van der Waals surface area contributed by atoms with Crippen LogP contribution in [0.4, 0.5) is 5.82 Å². The number of nitrogens with two attached hydrogens (primary N) is 1. The Balaban J connectivity index is 2.35. The second kappa shape index (κ2) is 3.84. The minimum atomic E-state index is 0.700. The number of nitrogens with zero attached hydrogens (tertiary/aromatic N) is 3. The highest BCUT2D eigenvalue weighted by atomic mass is 15.3. The van der Waals surface area contributed by atoms with Gasteiger partial charge in [0.25, 0.3) is 0 Å². The van der Waals surface area contributed by atoms with E-state index in [1.165, 1.54) is 0 Å². The fraction of sp³-hybridized carbons (Fsp3) is 0.143. The van der Waals surface area contributed by atoms with Crippen LogP contribution in [0.5, 0.6) is 0 Å². The van der Waals surface area contributed by atoms with Gasteiger partial charge in [-0.05, 0) is 19.1 Å². The van der Waals surface area contributed by atoms with Crippen molar-refractivity contribution in [1.82, 2.24) is 14.8 Å². The number of aryl methyl sites for hydroxylation is 1. The van der Waals surface area contributed by atoms with Gasteiger partial charge in [0.05, 0.1) is 11.2 Å². The number of nitrogen functional groups attached to an aromatic ring is 1. The van der Waals surface area contributed by atoms with Gasteiger partial charge in [-0.15, -0.1) is 0 Å². The Morgan fingerprint density at radius 2 is 2.00 bits per heavy atom. The van der Waals surface area contributed by atoms with Gasteiger partial charge in [0, 0.05) is 29.8 Å². The lowest BCUT2D eigenvalue weighted by atomic mass is 10.0. The number of hydrogen-bond acceptors (Lipinski definition) is 3. The van der Waals surface area contributed by atoms with Crippen molar-refractivity contribution in [3.8, 4) is 11.3 Å². The first kappa shape index (κ1) is 10.8. The SMILES string of the molecule is Cc1c(-c2cccc3ncccc23)nn(C)c1N. The Morgan fingerprint density at radius 1 is 1.17 bits per heavy atom. The van der Waals surface area contributed by atoms with Gasteiger partial charge in [0.1, 0.15) is 5.82 Å². The van der Waals surface area contributed by atoms with Crippen LogP contribution in [0.3, 0.4) is 0 Å². The van der Waals surface area contributed by atoms with E-state index in [9.17, 15) is 0 Å². The average Bonchev–Trinajstić information content (AvgIpc) is 2.66. The highest BCUT2D eigenvalue weighted by Gasteiger charge is 2.13. The van der Waals surface area contributed by atoms with E-state index in [0.717, 1.165) is 27.7 Å². The van der Waals surface area contributed by atoms with Crippen LogP contribution in [0, 0.1) is 6.92 Å². The number of benzene rings is 1. The lowest BCUT2D eigenvalue weighted by molar-refractivity contribution is 0.782. The van der Waals surface area contributed by atoms with E-state index in [0.29, 0.717) is 5.82 Å². The summed E-state index contributed by atoms with van der Waals surface area (Å²) in [5.41, 5.74) is 9.95. The third kappa shape index (κ3) is 1.46. The molecule has 3 rings (SSSR count). The minimum absolute atomic E-state index is 0.700. The minimum Gasteiger partial charge on any atom is -0.384 e. The molecule has 0 aliphatic heterocycles. The molecule has 2 aromatic heterocycles. The molecule has 2 N–H and O–H groups in total. The Morgan fingerprint density at radius 3 is 2.72 bits per heavy atom. The van der Waals surface area contributed by atoms with Gasteiger partial charge in [-0.2, -0.15) is 5.10 Å². The maximum atomic E-state index is 5.97. The van der Waals surface area contributed by atoms with Crippen LogP contribution in [0.2, 0.25) is 0 Å². The zero-order valence-corrected chi connectivity index (χ0v) is 10.4. The first-order valence-corrected chi connectivity index (χ1v) is 5.81. The van der Waals surface area contributed by atoms with Crippen LogP contribution in [0.25, 0.3) is 22.2 Å². The number of anilines is 1. The molecule has 18 heavy (non-hydrogen) atoms. The molecule has 0 aliphatic rings. The Kier molecular flexibility index (Phi) is 2.30. The second-order valence-electron chi connectivity index (χ2n) is 4.36. The van der Waals surface area contributed by atoms with Crippen molar-refractivity contribution in [3.63, 3.8) is 0 Å². The second-order valence-corrected chi connectivity index (χ2v) is 4.36. The van der Waals surface area contributed by atoms with Gasteiger partial charge in [0.2, 0.25) is 0 Å². The fourth-order valence-corrected chi connectivity index (χ4v) is 2.21. The molecule has 90 valence electrons. The molecule has 0 aliphatic carbocycles. The van der Waals surface area contributed by atoms with Gasteiger partial charge in [-0.3, -0.25) is 9.67 Å². The van der Waals surface area contributed by atoms with Gasteiger partial charge in [-0.1, -0.05) is 18.2 Å². The fourth-order valence-electron chi connectivity index (χ4n) is 2.21. The Labute approximate surface area is 105 Å². The van der Waals surface area contributed by atoms with Crippen LogP contribution in [-0.2, 0) is 7.05 Å². The molecule has 3 aromatic rings. The van der Waals surface area contributed by atoms with Crippen LogP contribution < -0.4 is 5.73 Å². The topological polar surface area (TPSA) is 56.7 Å². The lowest BCUT2D eigenvalue weighted by Crippen LogP contribution is -1.97. The Hall–Kier alpha value is -2.36. The number of hydrogen-bond donors (Lipinski definition) is 1. The molecule has 0 atom stereocenters. The van der Waals surface area contributed by atoms with Crippen LogP contribution in [-0.4, -0.2) is 14.8 Å². The summed E-state index contributed by atoms with van der Waals surface area (Å²) in [4.78, 5) is 4.36. The number of pyridine rings is 1. The maximum absolute atomic E-state index is 5.97. The van der Waals surface area contributed by atoms with Crippen molar-refractivity contribution >= 4 is 16.7 Å². The normalized spacial score (nSPS) is 11.0. The molecular formula is C14H14N4. The maximum Gasteiger partial charge on any atom is 0.124 e. The molecule has 0 saturated heterocycles. The van der Waals surface area contributed by atoms with E-state index >= 15 is 0 Å². The van der Waals surface area contributed by atoms with E-state index in [1.807, 2.05) is 32.2 Å². The molecule has 2 heterocycles. The molecule has 0 bridgehead atoms. The van der Waals surface area contributed by atoms with Crippen molar-refractivity contribution in [2.75, 3.05) is 5.73 Å². The summed E-state index contributed by atoms with van der Waals surface area (Å²) in [6, 6.07) is 10.0. The summed E-state index contributed by atoms with van der Waals surface area (Å²) < 4.78 is 1.71. The Bertz CT molecular complexity index is 722. The molecule has 0 radical (unpaired) electrons. The van der Waals surface area contributed by atoms with E-state index in [4.69, 9.17) is 5.73 Å². The third-order valence-electron chi connectivity index (χ3n) is 3.24. The van der Waals surface area contributed by atoms with Gasteiger partial charge in [-0.25, -0.2) is 0 Å². The van der Waals surface area contributed by atoms with Crippen molar-refractivity contribution in [1.29, 1.82) is 0 Å². The van der Waals surface area contributed by atoms with Gasteiger partial charge < -0.3 is 5.73 Å². The molecule has 0 amide bonds.